The van der Waals surface area contributed by atoms with E-state index in [4.69, 9.17) is 15.2 Å². The molecule has 0 aliphatic carbocycles. The van der Waals surface area contributed by atoms with E-state index in [9.17, 15) is 9.90 Å². The SMILES string of the molecule is COc1ccc([Si](C)(C)[C@@H]2[C@@H](CCn3cc(C(CO)c4ccccc4)nn3)O[C@]3(C(=O)N(Cc4ccc(NC(=O)c5ccc(N)cc5)cc4)c4ccc(Br)cc43)[C@H]2C)cc1. The van der Waals surface area contributed by atoms with Crippen molar-refractivity contribution in [2.24, 2.45) is 5.92 Å². The second-order valence-corrected chi connectivity index (χ2v) is 21.9. The number of fused-ring (bicyclic) bond motifs is 2. The lowest BCUT2D eigenvalue weighted by molar-refractivity contribution is -0.146. The van der Waals surface area contributed by atoms with Gasteiger partial charge in [-0.3, -0.25) is 14.3 Å². The number of methoxy groups -OCH3 is 1. The number of nitrogen functional groups attached to an aromatic ring is 1. The number of aliphatic hydroxyl groups is 1. The first-order valence-corrected chi connectivity index (χ1v) is 24.1. The molecule has 8 rings (SSSR count). The number of amides is 2. The van der Waals surface area contributed by atoms with Crippen molar-refractivity contribution in [1.82, 2.24) is 15.0 Å². The lowest BCUT2D eigenvalue weighted by atomic mass is 9.82. The molecule has 0 saturated carbocycles. The Kier molecular flexibility index (Phi) is 11.5. The summed E-state index contributed by atoms with van der Waals surface area (Å²) in [5.74, 6) is -0.00828. The number of carbonyl (C=O) groups is 2. The van der Waals surface area contributed by atoms with Gasteiger partial charge in [0, 0.05) is 45.6 Å². The fourth-order valence-corrected chi connectivity index (χ4v) is 13.7. The van der Waals surface area contributed by atoms with Crippen LogP contribution in [0.4, 0.5) is 17.1 Å². The summed E-state index contributed by atoms with van der Waals surface area (Å²) in [5.41, 5.74) is 10.6. The number of carbonyl (C=O) groups excluding carboxylic acids is 2. The average molecular weight is 886 g/mol. The maximum Gasteiger partial charge on any atom is 0.264 e. The predicted molar refractivity (Wildman–Crippen MR) is 240 cm³/mol. The Morgan fingerprint density at radius 2 is 1.72 bits per heavy atom. The molecule has 60 heavy (non-hydrogen) atoms. The number of aliphatic hydroxyl groups excluding tert-OH is 1. The second-order valence-electron chi connectivity index (χ2n) is 16.3. The quantitative estimate of drug-likeness (QED) is 0.0786. The molecule has 6 aromatic rings. The van der Waals surface area contributed by atoms with E-state index >= 15 is 4.79 Å². The fourth-order valence-electron chi connectivity index (χ4n) is 9.32. The van der Waals surface area contributed by atoms with Gasteiger partial charge >= 0.3 is 0 Å². The van der Waals surface area contributed by atoms with Crippen LogP contribution in [0.3, 0.4) is 0 Å². The maximum atomic E-state index is 15.3. The van der Waals surface area contributed by atoms with E-state index in [2.05, 4.69) is 63.7 Å². The summed E-state index contributed by atoms with van der Waals surface area (Å²) in [5, 5.41) is 23.5. The van der Waals surface area contributed by atoms with Gasteiger partial charge < -0.3 is 30.5 Å². The maximum absolute atomic E-state index is 15.3. The molecule has 4 N–H and O–H groups in total. The van der Waals surface area contributed by atoms with Crippen LogP contribution in [0, 0.1) is 5.92 Å². The van der Waals surface area contributed by atoms with Crippen molar-refractivity contribution in [2.75, 3.05) is 29.7 Å². The van der Waals surface area contributed by atoms with Crippen LogP contribution in [0.15, 0.2) is 132 Å². The number of rotatable bonds is 13. The van der Waals surface area contributed by atoms with Gasteiger partial charge in [0.2, 0.25) is 0 Å². The van der Waals surface area contributed by atoms with E-state index in [0.717, 1.165) is 32.6 Å². The van der Waals surface area contributed by atoms with Crippen LogP contribution in [0.2, 0.25) is 18.6 Å². The molecule has 11 nitrogen and oxygen atoms in total. The number of nitrogens with two attached hydrogens (primary N) is 1. The third kappa shape index (κ3) is 7.66. The van der Waals surface area contributed by atoms with Gasteiger partial charge in [-0.25, -0.2) is 0 Å². The summed E-state index contributed by atoms with van der Waals surface area (Å²) in [7, 11) is -0.721. The monoisotopic (exact) mass is 884 g/mol. The first kappa shape index (κ1) is 41.1. The molecule has 0 bridgehead atoms. The highest BCUT2D eigenvalue weighted by Gasteiger charge is 2.66. The lowest BCUT2D eigenvalue weighted by Gasteiger charge is -2.37. The molecular weight excluding hydrogens is 837 g/mol. The molecule has 1 unspecified atom stereocenters. The van der Waals surface area contributed by atoms with E-state index in [1.54, 1.807) is 31.4 Å². The number of anilines is 3. The largest absolute Gasteiger partial charge is 0.497 e. The summed E-state index contributed by atoms with van der Waals surface area (Å²) >= 11 is 3.72. The van der Waals surface area contributed by atoms with Crippen molar-refractivity contribution in [1.29, 1.82) is 0 Å². The molecule has 0 radical (unpaired) electrons. The topological polar surface area (TPSA) is 145 Å². The number of aromatic nitrogens is 3. The van der Waals surface area contributed by atoms with Gasteiger partial charge in [-0.1, -0.05) is 101 Å². The first-order valence-electron chi connectivity index (χ1n) is 20.2. The highest BCUT2D eigenvalue weighted by atomic mass is 79.9. The number of nitrogens with one attached hydrogen (secondary N) is 1. The average Bonchev–Trinajstić information content (AvgIpc) is 3.91. The summed E-state index contributed by atoms with van der Waals surface area (Å²) in [6, 6.07) is 38.6. The first-order chi connectivity index (χ1) is 28.9. The van der Waals surface area contributed by atoms with Crippen LogP contribution < -0.4 is 25.9 Å². The second kappa shape index (κ2) is 16.8. The Balaban J connectivity index is 1.10. The molecule has 1 aromatic heterocycles. The Hall–Kier alpha value is -5.60. The number of hydrogen-bond donors (Lipinski definition) is 3. The molecule has 5 aromatic carbocycles. The van der Waals surface area contributed by atoms with Crippen molar-refractivity contribution in [2.45, 2.75) is 62.7 Å². The normalized spacial score (nSPS) is 20.3. The van der Waals surface area contributed by atoms with Gasteiger partial charge in [-0.05, 0) is 89.8 Å². The van der Waals surface area contributed by atoms with Gasteiger partial charge in [-0.2, -0.15) is 0 Å². The van der Waals surface area contributed by atoms with Crippen LogP contribution in [-0.4, -0.2) is 59.8 Å². The Morgan fingerprint density at radius 3 is 2.40 bits per heavy atom. The van der Waals surface area contributed by atoms with E-state index in [1.807, 2.05) is 101 Å². The Morgan fingerprint density at radius 1 is 1.00 bits per heavy atom. The fraction of sp³-hybridized carbons (Fsp3) is 0.277. The molecule has 5 atom stereocenters. The Labute approximate surface area is 359 Å². The summed E-state index contributed by atoms with van der Waals surface area (Å²) in [6.45, 7) is 7.68. The summed E-state index contributed by atoms with van der Waals surface area (Å²) < 4.78 is 15.6. The van der Waals surface area contributed by atoms with E-state index < -0.39 is 13.7 Å². The number of halogens is 1. The minimum atomic E-state index is -2.39. The predicted octanol–water partition coefficient (Wildman–Crippen LogP) is 7.86. The van der Waals surface area contributed by atoms with Gasteiger partial charge in [0.25, 0.3) is 11.8 Å². The molecule has 2 aliphatic rings. The van der Waals surface area contributed by atoms with Gasteiger partial charge in [-0.15, -0.1) is 5.10 Å². The van der Waals surface area contributed by atoms with Crippen molar-refractivity contribution in [3.05, 3.63) is 160 Å². The zero-order valence-electron chi connectivity index (χ0n) is 34.1. The molecule has 1 fully saturated rings. The third-order valence-electron chi connectivity index (χ3n) is 12.5. The summed E-state index contributed by atoms with van der Waals surface area (Å²) in [6.07, 6.45) is 2.22. The standard InChI is InChI=1S/C47H49BrN6O5Si/c1-30-44(60(3,4)38-21-19-37(58-2)20-22-38)43(24-25-53-28-41(51-52-53)39(29-55)32-8-6-5-7-9-32)59-47(30)40-26-34(48)14-23-42(40)54(46(47)57)27-31-10-17-36(18-11-31)50-45(56)33-12-15-35(49)16-13-33/h5-23,26,28,30,39,43-44,55H,24-25,27,29,49H2,1-4H3,(H,50,56)/t30-,39?,43+,44-,47+/m0/s1. The van der Waals surface area contributed by atoms with Crippen LogP contribution in [0.1, 0.15) is 52.0 Å². The zero-order chi connectivity index (χ0) is 42.2. The molecule has 2 amide bonds. The van der Waals surface area contributed by atoms with Crippen molar-refractivity contribution in [3.63, 3.8) is 0 Å². The number of ether oxygens (including phenoxy) is 2. The molecule has 1 saturated heterocycles. The molecular formula is C47H49BrN6O5Si. The number of aryl methyl sites for hydroxylation is 1. The van der Waals surface area contributed by atoms with Crippen LogP contribution in [0.5, 0.6) is 5.75 Å². The van der Waals surface area contributed by atoms with Crippen molar-refractivity contribution < 1.29 is 24.2 Å². The van der Waals surface area contributed by atoms with Crippen molar-refractivity contribution in [3.8, 4) is 5.75 Å². The molecule has 3 heterocycles. The Bertz CT molecular complexity index is 2480. The van der Waals surface area contributed by atoms with Crippen LogP contribution in [-0.2, 0) is 28.2 Å². The number of hydrogen-bond acceptors (Lipinski definition) is 8. The van der Waals surface area contributed by atoms with E-state index in [1.165, 1.54) is 5.19 Å². The molecule has 2 aliphatic heterocycles. The zero-order valence-corrected chi connectivity index (χ0v) is 36.7. The molecule has 308 valence electrons. The lowest BCUT2D eigenvalue weighted by Crippen LogP contribution is -2.51. The smallest absolute Gasteiger partial charge is 0.264 e. The van der Waals surface area contributed by atoms with Gasteiger partial charge in [0.15, 0.2) is 5.60 Å². The summed E-state index contributed by atoms with van der Waals surface area (Å²) in [4.78, 5) is 30.1. The van der Waals surface area contributed by atoms with Gasteiger partial charge in [0.1, 0.15) is 5.75 Å². The van der Waals surface area contributed by atoms with E-state index in [-0.39, 0.29) is 41.9 Å². The highest BCUT2D eigenvalue weighted by Crippen LogP contribution is 2.60. The highest BCUT2D eigenvalue weighted by molar-refractivity contribution is 9.10. The number of benzene rings is 5. The van der Waals surface area contributed by atoms with E-state index in [0.29, 0.717) is 42.1 Å². The molecule has 1 spiro atoms. The number of nitrogens with zero attached hydrogens (tertiary/aromatic N) is 4. The van der Waals surface area contributed by atoms with Crippen LogP contribution in [0.25, 0.3) is 0 Å². The molecule has 13 heteroatoms. The van der Waals surface area contributed by atoms with Crippen LogP contribution >= 0.6 is 15.9 Å². The third-order valence-corrected chi connectivity index (χ3v) is 17.3. The van der Waals surface area contributed by atoms with Gasteiger partial charge in [0.05, 0.1) is 51.7 Å². The minimum Gasteiger partial charge on any atom is -0.497 e. The van der Waals surface area contributed by atoms with Crippen molar-refractivity contribution >= 4 is 58.1 Å². The minimum absolute atomic E-state index is 0.0306.